The van der Waals surface area contributed by atoms with Crippen molar-refractivity contribution in [3.63, 3.8) is 0 Å². The van der Waals surface area contributed by atoms with Crippen LogP contribution in [0, 0.1) is 6.92 Å². The standard InChI is InChI=1S/C23H33N3O7/c1-8-11-26(21(30)15(3)25-22(31)33-23(4,5)6)19(20(29)24-13-18(28)32-7)16-9-10-17(27)14(2)12-16/h8-10,12,15,19,27H,1,11,13H2,2-7H3,(H,24,29)(H,25,31). The first-order valence-electron chi connectivity index (χ1n) is 10.4. The van der Waals surface area contributed by atoms with Crippen LogP contribution >= 0.6 is 0 Å². The Hall–Kier alpha value is -3.56. The van der Waals surface area contributed by atoms with Crippen molar-refractivity contribution in [3.05, 3.63) is 42.0 Å². The van der Waals surface area contributed by atoms with Crippen LogP contribution in [-0.4, -0.2) is 65.7 Å². The minimum atomic E-state index is -1.18. The number of nitrogens with one attached hydrogen (secondary N) is 2. The fourth-order valence-electron chi connectivity index (χ4n) is 2.91. The summed E-state index contributed by atoms with van der Waals surface area (Å²) >= 11 is 0. The zero-order chi connectivity index (χ0) is 25.3. The van der Waals surface area contributed by atoms with Gasteiger partial charge in [-0.25, -0.2) is 4.79 Å². The molecule has 0 aromatic heterocycles. The number of alkyl carbamates (subject to hydrolysis) is 1. The number of hydrogen-bond donors (Lipinski definition) is 3. The number of rotatable bonds is 9. The third-order valence-electron chi connectivity index (χ3n) is 4.44. The number of amides is 3. The molecule has 0 aliphatic rings. The summed E-state index contributed by atoms with van der Waals surface area (Å²) in [7, 11) is 1.19. The summed E-state index contributed by atoms with van der Waals surface area (Å²) in [6.07, 6.45) is 0.653. The van der Waals surface area contributed by atoms with Crippen molar-refractivity contribution in [2.75, 3.05) is 20.2 Å². The Bertz CT molecular complexity index is 893. The van der Waals surface area contributed by atoms with Crippen LogP contribution in [0.25, 0.3) is 0 Å². The molecule has 10 heteroatoms. The SMILES string of the molecule is C=CCN(C(=O)C(C)NC(=O)OC(C)(C)C)C(C(=O)NCC(=O)OC)c1ccc(O)c(C)c1. The number of methoxy groups -OCH3 is 1. The summed E-state index contributed by atoms with van der Waals surface area (Å²) in [6.45, 7) is 11.4. The summed E-state index contributed by atoms with van der Waals surface area (Å²) in [5, 5.41) is 14.8. The molecule has 3 N–H and O–H groups in total. The number of phenolic OH excluding ortho intramolecular Hbond substituents is 1. The lowest BCUT2D eigenvalue weighted by Gasteiger charge is -2.33. The molecule has 0 heterocycles. The lowest BCUT2D eigenvalue weighted by atomic mass is 10.0. The van der Waals surface area contributed by atoms with Crippen molar-refractivity contribution in [1.29, 1.82) is 0 Å². The highest BCUT2D eigenvalue weighted by Crippen LogP contribution is 2.27. The van der Waals surface area contributed by atoms with Gasteiger partial charge in [0.2, 0.25) is 11.8 Å². The van der Waals surface area contributed by atoms with Crippen molar-refractivity contribution >= 4 is 23.9 Å². The van der Waals surface area contributed by atoms with E-state index in [1.54, 1.807) is 33.8 Å². The van der Waals surface area contributed by atoms with E-state index in [0.29, 0.717) is 11.1 Å². The van der Waals surface area contributed by atoms with Gasteiger partial charge in [0.15, 0.2) is 0 Å². The molecule has 2 unspecified atom stereocenters. The van der Waals surface area contributed by atoms with Crippen LogP contribution in [0.1, 0.15) is 44.9 Å². The van der Waals surface area contributed by atoms with Crippen molar-refractivity contribution in [3.8, 4) is 5.75 Å². The first-order valence-corrected chi connectivity index (χ1v) is 10.4. The average Bonchev–Trinajstić information content (AvgIpc) is 2.71. The van der Waals surface area contributed by atoms with E-state index in [-0.39, 0.29) is 12.3 Å². The zero-order valence-electron chi connectivity index (χ0n) is 19.9. The van der Waals surface area contributed by atoms with Crippen LogP contribution < -0.4 is 10.6 Å². The summed E-state index contributed by atoms with van der Waals surface area (Å²) in [6, 6.07) is 2.26. The highest BCUT2D eigenvalue weighted by molar-refractivity contribution is 5.93. The molecule has 1 aromatic carbocycles. The highest BCUT2D eigenvalue weighted by atomic mass is 16.6. The molecule has 0 fully saturated rings. The first kappa shape index (κ1) is 27.5. The predicted molar refractivity (Wildman–Crippen MR) is 121 cm³/mol. The molecule has 10 nitrogen and oxygen atoms in total. The van der Waals surface area contributed by atoms with Crippen molar-refractivity contribution in [2.45, 2.75) is 52.3 Å². The Morgan fingerprint density at radius 1 is 1.24 bits per heavy atom. The fourth-order valence-corrected chi connectivity index (χ4v) is 2.91. The van der Waals surface area contributed by atoms with Gasteiger partial charge in [0.05, 0.1) is 7.11 Å². The van der Waals surface area contributed by atoms with Gasteiger partial charge >= 0.3 is 12.1 Å². The van der Waals surface area contributed by atoms with E-state index in [9.17, 15) is 24.3 Å². The smallest absolute Gasteiger partial charge is 0.408 e. The number of aryl methyl sites for hydroxylation is 1. The number of carbonyl (C=O) groups excluding carboxylic acids is 4. The zero-order valence-corrected chi connectivity index (χ0v) is 19.9. The second-order valence-corrected chi connectivity index (χ2v) is 8.39. The van der Waals surface area contributed by atoms with Gasteiger partial charge in [-0.15, -0.1) is 6.58 Å². The second kappa shape index (κ2) is 11.9. The topological polar surface area (TPSA) is 134 Å². The maximum absolute atomic E-state index is 13.3. The summed E-state index contributed by atoms with van der Waals surface area (Å²) in [5.41, 5.74) is 0.129. The van der Waals surface area contributed by atoms with Gasteiger partial charge in [0.1, 0.15) is 30.0 Å². The van der Waals surface area contributed by atoms with Gasteiger partial charge < -0.3 is 30.1 Å². The molecule has 33 heavy (non-hydrogen) atoms. The summed E-state index contributed by atoms with van der Waals surface area (Å²) in [4.78, 5) is 51.3. The number of carbonyl (C=O) groups is 4. The molecule has 0 spiro atoms. The lowest BCUT2D eigenvalue weighted by Crippen LogP contribution is -2.52. The number of esters is 1. The third-order valence-corrected chi connectivity index (χ3v) is 4.44. The molecule has 0 aliphatic heterocycles. The fraction of sp³-hybridized carbons (Fsp3) is 0.478. The van der Waals surface area contributed by atoms with Crippen LogP contribution in [0.2, 0.25) is 0 Å². The molecule has 0 bridgehead atoms. The van der Waals surface area contributed by atoms with Crippen molar-refractivity contribution in [1.82, 2.24) is 15.5 Å². The Balaban J connectivity index is 3.30. The van der Waals surface area contributed by atoms with Gasteiger partial charge in [-0.3, -0.25) is 14.4 Å². The van der Waals surface area contributed by atoms with Crippen LogP contribution in [-0.2, 0) is 23.9 Å². The number of nitrogens with zero attached hydrogens (tertiary/aromatic N) is 1. The number of ether oxygens (including phenoxy) is 2. The Kier molecular flexibility index (Phi) is 9.90. The first-order chi connectivity index (χ1) is 15.3. The van der Waals surface area contributed by atoms with E-state index in [1.807, 2.05) is 0 Å². The molecule has 1 aromatic rings. The molecule has 3 amide bonds. The maximum atomic E-state index is 13.3. The van der Waals surface area contributed by atoms with E-state index in [1.165, 1.54) is 37.1 Å². The normalized spacial score (nSPS) is 12.7. The van der Waals surface area contributed by atoms with E-state index in [4.69, 9.17) is 4.74 Å². The molecule has 1 rings (SSSR count). The minimum Gasteiger partial charge on any atom is -0.508 e. The van der Waals surface area contributed by atoms with Crippen LogP contribution in [0.15, 0.2) is 30.9 Å². The van der Waals surface area contributed by atoms with Crippen LogP contribution in [0.4, 0.5) is 4.79 Å². The molecule has 2 atom stereocenters. The van der Waals surface area contributed by atoms with Gasteiger partial charge in [0, 0.05) is 6.54 Å². The molecule has 0 saturated carbocycles. The maximum Gasteiger partial charge on any atom is 0.408 e. The van der Waals surface area contributed by atoms with Crippen LogP contribution in [0.5, 0.6) is 5.75 Å². The van der Waals surface area contributed by atoms with Crippen LogP contribution in [0.3, 0.4) is 0 Å². The summed E-state index contributed by atoms with van der Waals surface area (Å²) in [5.74, 6) is -1.87. The highest BCUT2D eigenvalue weighted by Gasteiger charge is 2.34. The number of phenols is 1. The van der Waals surface area contributed by atoms with Crippen molar-refractivity contribution < 1.29 is 33.8 Å². The Morgan fingerprint density at radius 3 is 2.39 bits per heavy atom. The van der Waals surface area contributed by atoms with E-state index in [0.717, 1.165) is 0 Å². The summed E-state index contributed by atoms with van der Waals surface area (Å²) < 4.78 is 9.75. The Morgan fingerprint density at radius 2 is 1.88 bits per heavy atom. The van der Waals surface area contributed by atoms with Crippen molar-refractivity contribution in [2.24, 2.45) is 0 Å². The number of aromatic hydroxyl groups is 1. The van der Waals surface area contributed by atoms with E-state index < -0.39 is 48.1 Å². The largest absolute Gasteiger partial charge is 0.508 e. The van der Waals surface area contributed by atoms with E-state index >= 15 is 0 Å². The molecule has 182 valence electrons. The number of hydrogen-bond acceptors (Lipinski definition) is 7. The lowest BCUT2D eigenvalue weighted by molar-refractivity contribution is -0.144. The second-order valence-electron chi connectivity index (χ2n) is 8.39. The molecule has 0 radical (unpaired) electrons. The average molecular weight is 464 g/mol. The van der Waals surface area contributed by atoms with Gasteiger partial charge in [-0.05, 0) is 57.9 Å². The van der Waals surface area contributed by atoms with Gasteiger partial charge in [-0.1, -0.05) is 12.1 Å². The third kappa shape index (κ3) is 8.47. The molecular formula is C23H33N3O7. The van der Waals surface area contributed by atoms with Gasteiger partial charge in [0.25, 0.3) is 0 Å². The van der Waals surface area contributed by atoms with Gasteiger partial charge in [-0.2, -0.15) is 0 Å². The molecule has 0 saturated heterocycles. The molecule has 0 aliphatic carbocycles. The molecular weight excluding hydrogens is 430 g/mol. The van der Waals surface area contributed by atoms with E-state index in [2.05, 4.69) is 21.9 Å². The number of benzene rings is 1. The predicted octanol–water partition coefficient (Wildman–Crippen LogP) is 1.96. The Labute approximate surface area is 193 Å². The monoisotopic (exact) mass is 463 g/mol. The minimum absolute atomic E-state index is 0.0222. The quantitative estimate of drug-likeness (QED) is 0.376.